The van der Waals surface area contributed by atoms with Crippen molar-refractivity contribution in [1.29, 1.82) is 0 Å². The van der Waals surface area contributed by atoms with Crippen LogP contribution in [0.4, 0.5) is 5.69 Å². The normalized spacial score (nSPS) is 9.57. The highest BCUT2D eigenvalue weighted by atomic mass is 35.5. The minimum absolute atomic E-state index is 0.395. The molecule has 14 heavy (non-hydrogen) atoms. The van der Waals surface area contributed by atoms with Crippen molar-refractivity contribution < 1.29 is 4.74 Å². The lowest BCUT2D eigenvalue weighted by molar-refractivity contribution is 0.416. The first kappa shape index (κ1) is 11.1. The van der Waals surface area contributed by atoms with E-state index in [4.69, 9.17) is 34.3 Å². The van der Waals surface area contributed by atoms with Crippen molar-refractivity contribution in [3.63, 3.8) is 0 Å². The van der Waals surface area contributed by atoms with Crippen LogP contribution in [-0.4, -0.2) is 18.6 Å². The lowest BCUT2D eigenvalue weighted by Crippen LogP contribution is -2.19. The quantitative estimate of drug-likeness (QED) is 0.778. The summed E-state index contributed by atoms with van der Waals surface area (Å²) in [6.07, 6.45) is 0. The van der Waals surface area contributed by atoms with Crippen molar-refractivity contribution in [2.75, 3.05) is 19.0 Å². The van der Waals surface area contributed by atoms with E-state index in [0.717, 1.165) is 5.69 Å². The number of nitrogens with two attached hydrogens (primary N) is 1. The molecule has 3 nitrogen and oxygen atoms in total. The van der Waals surface area contributed by atoms with Gasteiger partial charge in [-0.15, -0.1) is 0 Å². The Hall–Kier alpha value is -1.00. The van der Waals surface area contributed by atoms with Crippen LogP contribution >= 0.6 is 23.8 Å². The monoisotopic (exact) mass is 230 g/mol. The lowest BCUT2D eigenvalue weighted by Gasteiger charge is -2.10. The van der Waals surface area contributed by atoms with Crippen molar-refractivity contribution in [3.05, 3.63) is 23.2 Å². The topological polar surface area (TPSA) is 47.3 Å². The Morgan fingerprint density at radius 1 is 1.64 bits per heavy atom. The van der Waals surface area contributed by atoms with Crippen LogP contribution in [0.2, 0.25) is 5.02 Å². The highest BCUT2D eigenvalue weighted by Crippen LogP contribution is 2.27. The highest BCUT2D eigenvalue weighted by Gasteiger charge is 2.02. The number of anilines is 1. The molecular weight excluding hydrogens is 220 g/mol. The van der Waals surface area contributed by atoms with E-state index in [1.807, 2.05) is 0 Å². The molecule has 1 aromatic rings. The Bertz CT molecular complexity index is 344. The molecule has 0 aromatic heterocycles. The Morgan fingerprint density at radius 2 is 2.36 bits per heavy atom. The molecule has 0 saturated heterocycles. The van der Waals surface area contributed by atoms with Gasteiger partial charge in [-0.05, 0) is 18.2 Å². The summed E-state index contributed by atoms with van der Waals surface area (Å²) in [7, 11) is 1.59. The molecule has 0 radical (unpaired) electrons. The molecule has 0 aliphatic rings. The first-order valence-electron chi connectivity index (χ1n) is 3.99. The van der Waals surface area contributed by atoms with Gasteiger partial charge in [0, 0.05) is 5.02 Å². The third-order valence-electron chi connectivity index (χ3n) is 1.61. The molecule has 76 valence electrons. The summed E-state index contributed by atoms with van der Waals surface area (Å²) in [4.78, 5) is 0.395. The third kappa shape index (κ3) is 3.05. The van der Waals surface area contributed by atoms with Crippen LogP contribution in [0, 0.1) is 0 Å². The molecular formula is C9H11ClN2OS. The van der Waals surface area contributed by atoms with Gasteiger partial charge < -0.3 is 15.8 Å². The number of ether oxygens (including phenoxy) is 1. The van der Waals surface area contributed by atoms with E-state index in [9.17, 15) is 0 Å². The van der Waals surface area contributed by atoms with Crippen molar-refractivity contribution in [2.45, 2.75) is 0 Å². The molecule has 0 bridgehead atoms. The smallest absolute Gasteiger partial charge is 0.142 e. The van der Waals surface area contributed by atoms with Crippen LogP contribution in [0.15, 0.2) is 18.2 Å². The van der Waals surface area contributed by atoms with E-state index in [1.54, 1.807) is 25.3 Å². The molecule has 0 unspecified atom stereocenters. The van der Waals surface area contributed by atoms with Gasteiger partial charge in [0.1, 0.15) is 5.75 Å². The highest BCUT2D eigenvalue weighted by molar-refractivity contribution is 7.80. The van der Waals surface area contributed by atoms with Gasteiger partial charge in [-0.2, -0.15) is 0 Å². The average Bonchev–Trinajstić information content (AvgIpc) is 2.15. The van der Waals surface area contributed by atoms with Gasteiger partial charge in [0.2, 0.25) is 0 Å². The molecule has 0 amide bonds. The maximum Gasteiger partial charge on any atom is 0.142 e. The first-order chi connectivity index (χ1) is 6.63. The minimum atomic E-state index is 0.395. The molecule has 1 rings (SSSR count). The summed E-state index contributed by atoms with van der Waals surface area (Å²) in [6, 6.07) is 5.30. The standard InChI is InChI=1S/C9H11ClN2OS/c1-13-8-3-2-6(10)4-7(8)12-5-9(11)14/h2-4,12H,5H2,1H3,(H2,11,14). The molecule has 1 aromatic carbocycles. The summed E-state index contributed by atoms with van der Waals surface area (Å²) < 4.78 is 5.13. The largest absolute Gasteiger partial charge is 0.495 e. The van der Waals surface area contributed by atoms with Gasteiger partial charge in [-0.25, -0.2) is 0 Å². The number of hydrogen-bond acceptors (Lipinski definition) is 3. The Morgan fingerprint density at radius 3 is 2.93 bits per heavy atom. The molecule has 0 fully saturated rings. The van der Waals surface area contributed by atoms with Crippen LogP contribution < -0.4 is 15.8 Å². The van der Waals surface area contributed by atoms with Crippen molar-refractivity contribution in [3.8, 4) is 5.75 Å². The SMILES string of the molecule is COc1ccc(Cl)cc1NCC(N)=S. The summed E-state index contributed by atoms with van der Waals surface area (Å²) >= 11 is 10.6. The van der Waals surface area contributed by atoms with E-state index in [0.29, 0.717) is 22.3 Å². The number of hydrogen-bond donors (Lipinski definition) is 2. The number of methoxy groups -OCH3 is 1. The molecule has 0 aliphatic carbocycles. The van der Waals surface area contributed by atoms with Crippen LogP contribution in [0.25, 0.3) is 0 Å². The second-order valence-electron chi connectivity index (χ2n) is 2.66. The second-order valence-corrected chi connectivity index (χ2v) is 3.63. The Balaban J connectivity index is 2.82. The van der Waals surface area contributed by atoms with E-state index in [1.165, 1.54) is 0 Å². The zero-order valence-corrected chi connectivity index (χ0v) is 9.28. The molecule has 0 heterocycles. The first-order valence-corrected chi connectivity index (χ1v) is 4.78. The molecule has 0 atom stereocenters. The van der Waals surface area contributed by atoms with Gasteiger partial charge in [0.25, 0.3) is 0 Å². The van der Waals surface area contributed by atoms with E-state index >= 15 is 0 Å². The second kappa shape index (κ2) is 5.02. The fraction of sp³-hybridized carbons (Fsp3) is 0.222. The Kier molecular flexibility index (Phi) is 3.98. The molecule has 5 heteroatoms. The Labute approximate surface area is 93.2 Å². The number of nitrogens with one attached hydrogen (secondary N) is 1. The van der Waals surface area contributed by atoms with E-state index < -0.39 is 0 Å². The molecule has 0 aliphatic heterocycles. The van der Waals surface area contributed by atoms with E-state index in [2.05, 4.69) is 5.32 Å². The number of benzene rings is 1. The predicted molar refractivity (Wildman–Crippen MR) is 63.3 cm³/mol. The lowest BCUT2D eigenvalue weighted by atomic mass is 10.3. The van der Waals surface area contributed by atoms with Crippen LogP contribution in [-0.2, 0) is 0 Å². The zero-order chi connectivity index (χ0) is 10.6. The number of halogens is 1. The van der Waals surface area contributed by atoms with Crippen LogP contribution in [0.5, 0.6) is 5.75 Å². The van der Waals surface area contributed by atoms with Gasteiger partial charge in [-0.1, -0.05) is 23.8 Å². The van der Waals surface area contributed by atoms with Crippen LogP contribution in [0.1, 0.15) is 0 Å². The fourth-order valence-corrected chi connectivity index (χ4v) is 1.24. The maximum absolute atomic E-state index is 5.83. The molecule has 3 N–H and O–H groups in total. The van der Waals surface area contributed by atoms with Gasteiger partial charge in [0.15, 0.2) is 0 Å². The summed E-state index contributed by atoms with van der Waals surface area (Å²) in [5.74, 6) is 0.714. The fourth-order valence-electron chi connectivity index (χ4n) is 1.00. The average molecular weight is 231 g/mol. The number of thiocarbonyl (C=S) groups is 1. The van der Waals surface area contributed by atoms with Crippen molar-refractivity contribution in [2.24, 2.45) is 5.73 Å². The van der Waals surface area contributed by atoms with Gasteiger partial charge in [0.05, 0.1) is 24.3 Å². The summed E-state index contributed by atoms with van der Waals surface area (Å²) in [5, 5.41) is 3.66. The summed E-state index contributed by atoms with van der Waals surface area (Å²) in [6.45, 7) is 0.423. The third-order valence-corrected chi connectivity index (χ3v) is 1.99. The van der Waals surface area contributed by atoms with E-state index in [-0.39, 0.29) is 0 Å². The minimum Gasteiger partial charge on any atom is -0.495 e. The predicted octanol–water partition coefficient (Wildman–Crippen LogP) is 2.05. The zero-order valence-electron chi connectivity index (χ0n) is 7.71. The molecule has 0 spiro atoms. The van der Waals surface area contributed by atoms with Crippen molar-refractivity contribution in [1.82, 2.24) is 0 Å². The van der Waals surface area contributed by atoms with Gasteiger partial charge >= 0.3 is 0 Å². The van der Waals surface area contributed by atoms with Crippen molar-refractivity contribution >= 4 is 34.5 Å². The molecule has 0 saturated carbocycles. The number of rotatable bonds is 4. The van der Waals surface area contributed by atoms with Gasteiger partial charge in [-0.3, -0.25) is 0 Å². The maximum atomic E-state index is 5.83. The summed E-state index contributed by atoms with van der Waals surface area (Å²) in [5.41, 5.74) is 6.15. The van der Waals surface area contributed by atoms with Crippen LogP contribution in [0.3, 0.4) is 0 Å².